The minimum Gasteiger partial charge on any atom is -0.361 e. The molecule has 0 fully saturated rings. The molecular weight excluding hydrogens is 152 g/mol. The highest BCUT2D eigenvalue weighted by molar-refractivity contribution is 5.21. The van der Waals surface area contributed by atoms with Gasteiger partial charge in [-0.1, -0.05) is 19.0 Å². The van der Waals surface area contributed by atoms with Crippen molar-refractivity contribution in [3.8, 4) is 0 Å². The molecule has 0 saturated heterocycles. The number of rotatable bonds is 3. The summed E-state index contributed by atoms with van der Waals surface area (Å²) in [6, 6.07) is 0. The van der Waals surface area contributed by atoms with Crippen LogP contribution in [-0.2, 0) is 13.0 Å². The Morgan fingerprint density at radius 2 is 2.17 bits per heavy atom. The lowest BCUT2D eigenvalue weighted by molar-refractivity contribution is 0.364. The van der Waals surface area contributed by atoms with E-state index in [1.165, 1.54) is 0 Å². The highest BCUT2D eigenvalue weighted by Gasteiger charge is 2.11. The monoisotopic (exact) mass is 168 g/mol. The molecule has 0 aliphatic heterocycles. The molecule has 0 aliphatic carbocycles. The fourth-order valence-electron chi connectivity index (χ4n) is 1.23. The van der Waals surface area contributed by atoms with Crippen LogP contribution in [0, 0.1) is 12.8 Å². The molecular formula is C9H16N2O. The number of aromatic nitrogens is 1. The van der Waals surface area contributed by atoms with Crippen LogP contribution in [0.5, 0.6) is 0 Å². The Bertz CT molecular complexity index is 253. The highest BCUT2D eigenvalue weighted by Crippen LogP contribution is 2.16. The molecule has 12 heavy (non-hydrogen) atoms. The summed E-state index contributed by atoms with van der Waals surface area (Å²) < 4.78 is 5.17. The van der Waals surface area contributed by atoms with Crippen molar-refractivity contribution in [3.63, 3.8) is 0 Å². The zero-order chi connectivity index (χ0) is 9.14. The Kier molecular flexibility index (Phi) is 2.87. The lowest BCUT2D eigenvalue weighted by Crippen LogP contribution is -2.02. The second-order valence-electron chi connectivity index (χ2n) is 3.47. The van der Waals surface area contributed by atoms with Gasteiger partial charge >= 0.3 is 0 Å². The molecule has 0 atom stereocenters. The van der Waals surface area contributed by atoms with Gasteiger partial charge in [-0.05, 0) is 12.8 Å². The molecule has 1 rings (SSSR count). The van der Waals surface area contributed by atoms with E-state index in [9.17, 15) is 0 Å². The van der Waals surface area contributed by atoms with E-state index in [0.29, 0.717) is 12.5 Å². The summed E-state index contributed by atoms with van der Waals surface area (Å²) in [4.78, 5) is 0. The van der Waals surface area contributed by atoms with Gasteiger partial charge in [0.2, 0.25) is 0 Å². The van der Waals surface area contributed by atoms with Crippen molar-refractivity contribution in [2.45, 2.75) is 33.7 Å². The summed E-state index contributed by atoms with van der Waals surface area (Å²) in [5.41, 5.74) is 7.57. The van der Waals surface area contributed by atoms with Crippen LogP contribution in [0.25, 0.3) is 0 Å². The maximum atomic E-state index is 5.57. The van der Waals surface area contributed by atoms with E-state index in [1.807, 2.05) is 6.92 Å². The van der Waals surface area contributed by atoms with Crippen LogP contribution in [0.3, 0.4) is 0 Å². The molecule has 0 radical (unpaired) electrons. The van der Waals surface area contributed by atoms with E-state index in [-0.39, 0.29) is 0 Å². The van der Waals surface area contributed by atoms with Gasteiger partial charge in [-0.25, -0.2) is 0 Å². The van der Waals surface area contributed by atoms with E-state index in [4.69, 9.17) is 10.3 Å². The van der Waals surface area contributed by atoms with Crippen LogP contribution < -0.4 is 5.73 Å². The smallest absolute Gasteiger partial charge is 0.141 e. The zero-order valence-electron chi connectivity index (χ0n) is 7.92. The Morgan fingerprint density at radius 3 is 2.67 bits per heavy atom. The second-order valence-corrected chi connectivity index (χ2v) is 3.47. The summed E-state index contributed by atoms with van der Waals surface area (Å²) >= 11 is 0. The molecule has 1 heterocycles. The Balaban J connectivity index is 2.84. The van der Waals surface area contributed by atoms with Gasteiger partial charge in [0.05, 0.1) is 5.69 Å². The first-order valence-corrected chi connectivity index (χ1v) is 4.29. The minimum atomic E-state index is 0.525. The predicted molar refractivity (Wildman–Crippen MR) is 47.7 cm³/mol. The molecule has 0 bridgehead atoms. The van der Waals surface area contributed by atoms with Gasteiger partial charge in [0, 0.05) is 18.5 Å². The molecule has 0 spiro atoms. The van der Waals surface area contributed by atoms with Crippen molar-refractivity contribution >= 4 is 0 Å². The number of aryl methyl sites for hydroxylation is 1. The SMILES string of the molecule is Cc1noc(CC(C)C)c1CN. The van der Waals surface area contributed by atoms with E-state index < -0.39 is 0 Å². The maximum absolute atomic E-state index is 5.57. The van der Waals surface area contributed by atoms with Gasteiger partial charge in [0.15, 0.2) is 0 Å². The maximum Gasteiger partial charge on any atom is 0.141 e. The predicted octanol–water partition coefficient (Wildman–Crippen LogP) is 1.64. The number of hydrogen-bond acceptors (Lipinski definition) is 3. The standard InChI is InChI=1S/C9H16N2O/c1-6(2)4-9-8(5-10)7(3)11-12-9/h6H,4-5,10H2,1-3H3. The molecule has 3 heteroatoms. The van der Waals surface area contributed by atoms with Crippen LogP contribution in [-0.4, -0.2) is 5.16 Å². The molecule has 68 valence electrons. The van der Waals surface area contributed by atoms with Crippen molar-refractivity contribution in [3.05, 3.63) is 17.0 Å². The van der Waals surface area contributed by atoms with Gasteiger partial charge in [0.1, 0.15) is 5.76 Å². The number of nitrogens with two attached hydrogens (primary N) is 1. The highest BCUT2D eigenvalue weighted by atomic mass is 16.5. The fraction of sp³-hybridized carbons (Fsp3) is 0.667. The van der Waals surface area contributed by atoms with Gasteiger partial charge in [-0.15, -0.1) is 0 Å². The molecule has 1 aromatic rings. The minimum absolute atomic E-state index is 0.525. The van der Waals surface area contributed by atoms with Gasteiger partial charge < -0.3 is 10.3 Å². The van der Waals surface area contributed by atoms with Gasteiger partial charge in [-0.3, -0.25) is 0 Å². The third-order valence-corrected chi connectivity index (χ3v) is 1.86. The van der Waals surface area contributed by atoms with E-state index in [1.54, 1.807) is 0 Å². The van der Waals surface area contributed by atoms with Crippen LogP contribution in [0.1, 0.15) is 30.9 Å². The molecule has 0 aliphatic rings. The Labute approximate surface area is 72.9 Å². The van der Waals surface area contributed by atoms with Crippen molar-refractivity contribution in [1.82, 2.24) is 5.16 Å². The fourth-order valence-corrected chi connectivity index (χ4v) is 1.23. The average molecular weight is 168 g/mol. The molecule has 0 amide bonds. The largest absolute Gasteiger partial charge is 0.361 e. The number of hydrogen-bond donors (Lipinski definition) is 1. The van der Waals surface area contributed by atoms with Crippen molar-refractivity contribution in [2.24, 2.45) is 11.7 Å². The summed E-state index contributed by atoms with van der Waals surface area (Å²) in [5.74, 6) is 1.53. The van der Waals surface area contributed by atoms with Crippen LogP contribution in [0.4, 0.5) is 0 Å². The first-order valence-electron chi connectivity index (χ1n) is 4.29. The van der Waals surface area contributed by atoms with E-state index in [0.717, 1.165) is 23.4 Å². The van der Waals surface area contributed by atoms with Crippen LogP contribution in [0.15, 0.2) is 4.52 Å². The molecule has 0 saturated carbocycles. The first-order chi connectivity index (χ1) is 5.65. The lowest BCUT2D eigenvalue weighted by atomic mass is 10.0. The summed E-state index contributed by atoms with van der Waals surface area (Å²) in [7, 11) is 0. The van der Waals surface area contributed by atoms with Gasteiger partial charge in [0.25, 0.3) is 0 Å². The number of nitrogens with zero attached hydrogens (tertiary/aromatic N) is 1. The molecule has 1 aromatic heterocycles. The third kappa shape index (κ3) is 1.85. The van der Waals surface area contributed by atoms with Crippen molar-refractivity contribution < 1.29 is 4.52 Å². The Morgan fingerprint density at radius 1 is 1.50 bits per heavy atom. The van der Waals surface area contributed by atoms with E-state index >= 15 is 0 Å². The second kappa shape index (κ2) is 3.72. The average Bonchev–Trinajstić information content (AvgIpc) is 2.30. The first kappa shape index (κ1) is 9.26. The normalized spacial score (nSPS) is 11.1. The molecule has 2 N–H and O–H groups in total. The van der Waals surface area contributed by atoms with Crippen molar-refractivity contribution in [2.75, 3.05) is 0 Å². The molecule has 0 unspecified atom stereocenters. The lowest BCUT2D eigenvalue weighted by Gasteiger charge is -2.01. The van der Waals surface area contributed by atoms with Crippen molar-refractivity contribution in [1.29, 1.82) is 0 Å². The van der Waals surface area contributed by atoms with E-state index in [2.05, 4.69) is 19.0 Å². The quantitative estimate of drug-likeness (QED) is 0.746. The summed E-state index contributed by atoms with van der Waals surface area (Å²) in [6.07, 6.45) is 0.924. The molecule has 0 aromatic carbocycles. The summed E-state index contributed by atoms with van der Waals surface area (Å²) in [5, 5.41) is 3.89. The third-order valence-electron chi connectivity index (χ3n) is 1.86. The topological polar surface area (TPSA) is 52.0 Å². The summed E-state index contributed by atoms with van der Waals surface area (Å²) in [6.45, 7) is 6.75. The van der Waals surface area contributed by atoms with Crippen LogP contribution >= 0.6 is 0 Å². The molecule has 3 nitrogen and oxygen atoms in total. The Hall–Kier alpha value is -0.830. The van der Waals surface area contributed by atoms with Gasteiger partial charge in [-0.2, -0.15) is 0 Å². The zero-order valence-corrected chi connectivity index (χ0v) is 7.92. The van der Waals surface area contributed by atoms with Crippen LogP contribution in [0.2, 0.25) is 0 Å².